The van der Waals surface area contributed by atoms with E-state index in [1.54, 1.807) is 5.19 Å². The molecule has 0 atom stereocenters. The molecule has 2 rings (SSSR count). The maximum atomic E-state index is 2.69. The zero-order valence-corrected chi connectivity index (χ0v) is 17.0. The molecule has 0 radical (unpaired) electrons. The van der Waals surface area contributed by atoms with E-state index in [2.05, 4.69) is 88.3 Å². The van der Waals surface area contributed by atoms with Crippen molar-refractivity contribution in [2.45, 2.75) is 45.8 Å². The van der Waals surface area contributed by atoms with Crippen LogP contribution in [-0.4, -0.2) is 22.3 Å². The fraction of sp³-hybridized carbons (Fsp3) is 0.412. The second-order valence-electron chi connectivity index (χ2n) is 8.15. The zero-order chi connectivity index (χ0) is 15.2. The van der Waals surface area contributed by atoms with E-state index in [4.69, 9.17) is 0 Å². The van der Waals surface area contributed by atoms with E-state index in [9.17, 15) is 0 Å². The number of benzene rings is 2. The Hall–Kier alpha value is -0.649. The summed E-state index contributed by atoms with van der Waals surface area (Å²) in [4.78, 5) is 0. The topological polar surface area (TPSA) is 0 Å². The minimum atomic E-state index is -1.42. The Labute approximate surface area is 126 Å². The van der Waals surface area contributed by atoms with Crippen molar-refractivity contribution in [3.63, 3.8) is 0 Å². The average molecular weight is 317 g/mol. The van der Waals surface area contributed by atoms with E-state index in [1.165, 1.54) is 10.8 Å². The summed E-state index contributed by atoms with van der Waals surface area (Å²) >= 11 is 0. The lowest BCUT2D eigenvalue weighted by atomic mass is 10.1. The fourth-order valence-electron chi connectivity index (χ4n) is 3.59. The smallest absolute Gasteiger partial charge is 0.0714 e. The minimum Gasteiger partial charge on any atom is -0.0714 e. The van der Waals surface area contributed by atoms with Gasteiger partial charge in [0.2, 0.25) is 0 Å². The molecule has 0 nitrogen and oxygen atoms in total. The third kappa shape index (κ3) is 2.36. The van der Waals surface area contributed by atoms with Crippen LogP contribution in [0.1, 0.15) is 0 Å². The molecule has 0 spiro atoms. The summed E-state index contributed by atoms with van der Waals surface area (Å²) in [7, 11) is -3.82. The van der Waals surface area contributed by atoms with Crippen LogP contribution in [-0.2, 0) is 0 Å². The maximum Gasteiger partial charge on any atom is 0.0714 e. The van der Waals surface area contributed by atoms with Crippen molar-refractivity contribution in [2.24, 2.45) is 0 Å². The van der Waals surface area contributed by atoms with Crippen LogP contribution >= 0.6 is 0 Å². The Morgan fingerprint density at radius 2 is 1.10 bits per heavy atom. The lowest BCUT2D eigenvalue weighted by molar-refractivity contribution is 1.71. The second-order valence-corrected chi connectivity index (χ2v) is 36.4. The molecule has 0 heterocycles. The summed E-state index contributed by atoms with van der Waals surface area (Å²) in [6.07, 6.45) is 0. The van der Waals surface area contributed by atoms with E-state index >= 15 is 0 Å². The van der Waals surface area contributed by atoms with Gasteiger partial charge in [0.25, 0.3) is 0 Å². The molecule has 0 aromatic heterocycles. The van der Waals surface area contributed by atoms with Crippen molar-refractivity contribution in [3.8, 4) is 0 Å². The number of hydrogen-bond acceptors (Lipinski definition) is 0. The predicted octanol–water partition coefficient (Wildman–Crippen LogP) is 4.96. The Kier molecular flexibility index (Phi) is 3.91. The molecule has 0 bridgehead atoms. The second kappa shape index (κ2) is 4.97. The van der Waals surface area contributed by atoms with Crippen molar-refractivity contribution < 1.29 is 0 Å². The lowest BCUT2D eigenvalue weighted by Crippen LogP contribution is -2.76. The van der Waals surface area contributed by atoms with Gasteiger partial charge in [-0.15, -0.1) is 0 Å². The van der Waals surface area contributed by atoms with Gasteiger partial charge in [0.1, 0.15) is 0 Å². The molecule has 0 amide bonds. The van der Waals surface area contributed by atoms with Crippen LogP contribution in [0.15, 0.2) is 42.5 Å². The highest BCUT2D eigenvalue weighted by Gasteiger charge is 2.52. The van der Waals surface area contributed by atoms with Gasteiger partial charge in [-0.3, -0.25) is 0 Å². The van der Waals surface area contributed by atoms with E-state index in [1.807, 2.05) is 0 Å². The summed E-state index contributed by atoms with van der Waals surface area (Å²) in [6, 6.07) is 16.0. The largest absolute Gasteiger partial charge is 0.0714 e. The van der Waals surface area contributed by atoms with E-state index in [0.29, 0.717) is 0 Å². The van der Waals surface area contributed by atoms with Gasteiger partial charge in [-0.25, -0.2) is 0 Å². The van der Waals surface area contributed by atoms with Gasteiger partial charge in [0.05, 0.1) is 7.11 Å². The van der Waals surface area contributed by atoms with Gasteiger partial charge >= 0.3 is 0 Å². The van der Waals surface area contributed by atoms with Gasteiger partial charge in [-0.2, -0.15) is 0 Å². The molecule has 3 heteroatoms. The fourth-order valence-corrected chi connectivity index (χ4v) is 41.8. The zero-order valence-electron chi connectivity index (χ0n) is 14.0. The van der Waals surface area contributed by atoms with Gasteiger partial charge < -0.3 is 0 Å². The van der Waals surface area contributed by atoms with Crippen LogP contribution in [0.3, 0.4) is 0 Å². The predicted molar refractivity (Wildman–Crippen MR) is 102 cm³/mol. The van der Waals surface area contributed by atoms with Crippen LogP contribution in [0.4, 0.5) is 0 Å². The molecule has 0 N–H and O–H groups in total. The van der Waals surface area contributed by atoms with Crippen LogP contribution in [0.25, 0.3) is 10.8 Å². The molecule has 2 aromatic rings. The summed E-state index contributed by atoms with van der Waals surface area (Å²) in [5, 5.41) is 4.67. The van der Waals surface area contributed by atoms with Crippen molar-refractivity contribution in [1.82, 2.24) is 0 Å². The maximum absolute atomic E-state index is 2.69. The number of rotatable bonds is 3. The van der Waals surface area contributed by atoms with Crippen molar-refractivity contribution >= 4 is 38.3 Å². The lowest BCUT2D eigenvalue weighted by Gasteiger charge is -2.48. The van der Waals surface area contributed by atoms with Gasteiger partial charge in [-0.05, 0) is 10.8 Å². The van der Waals surface area contributed by atoms with Gasteiger partial charge in [0.15, 0.2) is 0 Å². The van der Waals surface area contributed by atoms with E-state index < -0.39 is 22.3 Å². The van der Waals surface area contributed by atoms with Crippen LogP contribution in [0, 0.1) is 0 Å². The van der Waals surface area contributed by atoms with Crippen LogP contribution in [0.5, 0.6) is 0 Å². The SMILES string of the molecule is C[Si](C)(C)[Si](C)(c1cccc2ccccc12)[Si](C)(C)C. The van der Waals surface area contributed by atoms with E-state index in [-0.39, 0.29) is 0 Å². The summed E-state index contributed by atoms with van der Waals surface area (Å²) in [5.41, 5.74) is 0. The van der Waals surface area contributed by atoms with Gasteiger partial charge in [0, 0.05) is 15.2 Å². The molecule has 108 valence electrons. The standard InChI is InChI=1S/C17H28Si3/c1-18(2,3)20(7,19(4,5)6)17-14-10-12-15-11-8-9-13-16(15)17/h8-14H,1-7H3. The summed E-state index contributed by atoms with van der Waals surface area (Å²) < 4.78 is 0. The normalized spacial score (nSPS) is 13.8. The summed E-state index contributed by atoms with van der Waals surface area (Å²) in [6.45, 7) is 18.3. The highest BCUT2D eigenvalue weighted by atomic mass is 29.6. The number of hydrogen-bond donors (Lipinski definition) is 0. The molecule has 0 unspecified atom stereocenters. The first-order valence-corrected chi connectivity index (χ1v) is 19.1. The molecule has 0 saturated heterocycles. The highest BCUT2D eigenvalue weighted by Crippen LogP contribution is 2.31. The Balaban J connectivity index is 2.84. The van der Waals surface area contributed by atoms with Crippen LogP contribution < -0.4 is 5.19 Å². The Morgan fingerprint density at radius 1 is 0.600 bits per heavy atom. The molecule has 0 aliphatic carbocycles. The number of fused-ring (bicyclic) bond motifs is 1. The molecule has 0 aliphatic heterocycles. The first kappa shape index (κ1) is 15.7. The molecular weight excluding hydrogens is 288 g/mol. The molecule has 0 aliphatic rings. The monoisotopic (exact) mass is 316 g/mol. The third-order valence-electron chi connectivity index (χ3n) is 5.33. The molecule has 0 fully saturated rings. The Morgan fingerprint density at radius 3 is 1.65 bits per heavy atom. The molecule has 0 saturated carbocycles. The van der Waals surface area contributed by atoms with Crippen molar-refractivity contribution in [1.29, 1.82) is 0 Å². The first-order valence-electron chi connectivity index (χ1n) is 7.57. The van der Waals surface area contributed by atoms with Crippen molar-refractivity contribution in [2.75, 3.05) is 0 Å². The molecule has 20 heavy (non-hydrogen) atoms. The summed E-state index contributed by atoms with van der Waals surface area (Å²) in [5.74, 6) is 0. The molecular formula is C17H28Si3. The highest BCUT2D eigenvalue weighted by molar-refractivity contribution is 7.72. The molecule has 2 aromatic carbocycles. The first-order chi connectivity index (χ1) is 9.09. The van der Waals surface area contributed by atoms with Gasteiger partial charge in [-0.1, -0.05) is 93.5 Å². The Bertz CT molecular complexity index is 599. The third-order valence-corrected chi connectivity index (χ3v) is 46.0. The van der Waals surface area contributed by atoms with Crippen LogP contribution in [0.2, 0.25) is 45.8 Å². The van der Waals surface area contributed by atoms with E-state index in [0.717, 1.165) is 0 Å². The van der Waals surface area contributed by atoms with Crippen molar-refractivity contribution in [3.05, 3.63) is 42.5 Å². The quantitative estimate of drug-likeness (QED) is 0.702. The average Bonchev–Trinajstić information content (AvgIpc) is 2.34. The minimum absolute atomic E-state index is 1.20.